The molecule has 0 aromatic carbocycles. The van der Waals surface area contributed by atoms with E-state index in [2.05, 4.69) is 15.9 Å². The Bertz CT molecular complexity index is 246. The molecule has 1 rings (SSSR count). The van der Waals surface area contributed by atoms with Crippen LogP contribution in [0.3, 0.4) is 0 Å². The lowest BCUT2D eigenvalue weighted by molar-refractivity contribution is -0.116. The van der Waals surface area contributed by atoms with Crippen LogP contribution >= 0.6 is 27.3 Å². The molecule has 0 bridgehead atoms. The molecular weight excluding hydrogens is 228 g/mol. The summed E-state index contributed by atoms with van der Waals surface area (Å²) in [5.74, 6) is 0. The first kappa shape index (κ1) is 8.90. The number of thiophene rings is 1. The van der Waals surface area contributed by atoms with Gasteiger partial charge in [0.15, 0.2) is 6.29 Å². The number of halogens is 1. The standard InChI is InChI=1S/C7H7BrO2S/c1-10-5(4-9)6-2-3-7(8)11-6/h2-5H,1H3. The Labute approximate surface area is 77.3 Å². The predicted molar refractivity (Wildman–Crippen MR) is 47.8 cm³/mol. The molecule has 0 aliphatic carbocycles. The lowest BCUT2D eigenvalue weighted by atomic mass is 10.3. The zero-order chi connectivity index (χ0) is 8.27. The Balaban J connectivity index is 2.81. The number of rotatable bonds is 3. The van der Waals surface area contributed by atoms with Gasteiger partial charge in [-0.05, 0) is 28.1 Å². The molecule has 0 aliphatic rings. The van der Waals surface area contributed by atoms with E-state index < -0.39 is 6.10 Å². The van der Waals surface area contributed by atoms with Gasteiger partial charge < -0.3 is 9.53 Å². The molecule has 0 aliphatic heterocycles. The summed E-state index contributed by atoms with van der Waals surface area (Å²) in [6, 6.07) is 3.77. The highest BCUT2D eigenvalue weighted by Crippen LogP contribution is 2.27. The molecule has 1 heterocycles. The maximum Gasteiger partial charge on any atom is 0.154 e. The van der Waals surface area contributed by atoms with E-state index in [9.17, 15) is 4.79 Å². The van der Waals surface area contributed by atoms with Crippen LogP contribution in [0.4, 0.5) is 0 Å². The third-order valence-electron chi connectivity index (χ3n) is 1.25. The fourth-order valence-electron chi connectivity index (χ4n) is 0.720. The summed E-state index contributed by atoms with van der Waals surface area (Å²) in [5, 5.41) is 0. The highest BCUT2D eigenvalue weighted by Gasteiger charge is 2.10. The smallest absolute Gasteiger partial charge is 0.154 e. The first-order valence-electron chi connectivity index (χ1n) is 3.01. The highest BCUT2D eigenvalue weighted by atomic mass is 79.9. The molecule has 4 heteroatoms. The Morgan fingerprint density at radius 1 is 1.73 bits per heavy atom. The summed E-state index contributed by atoms with van der Waals surface area (Å²) >= 11 is 4.81. The minimum Gasteiger partial charge on any atom is -0.368 e. The van der Waals surface area contributed by atoms with Crippen molar-refractivity contribution in [3.05, 3.63) is 20.8 Å². The van der Waals surface area contributed by atoms with Crippen molar-refractivity contribution in [2.24, 2.45) is 0 Å². The molecular formula is C7H7BrO2S. The van der Waals surface area contributed by atoms with Gasteiger partial charge in [0, 0.05) is 12.0 Å². The van der Waals surface area contributed by atoms with E-state index in [4.69, 9.17) is 4.74 Å². The van der Waals surface area contributed by atoms with Crippen LogP contribution in [0.15, 0.2) is 15.9 Å². The van der Waals surface area contributed by atoms with Crippen LogP contribution in [-0.2, 0) is 9.53 Å². The zero-order valence-electron chi connectivity index (χ0n) is 5.91. The van der Waals surface area contributed by atoms with Crippen molar-refractivity contribution in [2.75, 3.05) is 7.11 Å². The average Bonchev–Trinajstić information content (AvgIpc) is 2.39. The largest absolute Gasteiger partial charge is 0.368 e. The molecule has 1 atom stereocenters. The second-order valence-corrected chi connectivity index (χ2v) is 4.43. The molecule has 0 N–H and O–H groups in total. The zero-order valence-corrected chi connectivity index (χ0v) is 8.31. The van der Waals surface area contributed by atoms with E-state index in [0.29, 0.717) is 0 Å². The number of aldehydes is 1. The van der Waals surface area contributed by atoms with Gasteiger partial charge in [0.05, 0.1) is 3.79 Å². The Morgan fingerprint density at radius 2 is 2.45 bits per heavy atom. The topological polar surface area (TPSA) is 26.3 Å². The summed E-state index contributed by atoms with van der Waals surface area (Å²) in [5.41, 5.74) is 0. The quantitative estimate of drug-likeness (QED) is 0.752. The molecule has 60 valence electrons. The van der Waals surface area contributed by atoms with Crippen molar-refractivity contribution in [3.8, 4) is 0 Å². The normalized spacial score (nSPS) is 12.9. The number of ether oxygens (including phenoxy) is 1. The van der Waals surface area contributed by atoms with Gasteiger partial charge in [0.25, 0.3) is 0 Å². The van der Waals surface area contributed by atoms with Crippen LogP contribution in [0.2, 0.25) is 0 Å². The maximum absolute atomic E-state index is 10.4. The van der Waals surface area contributed by atoms with Crippen molar-refractivity contribution < 1.29 is 9.53 Å². The highest BCUT2D eigenvalue weighted by molar-refractivity contribution is 9.11. The number of hydrogen-bond donors (Lipinski definition) is 0. The summed E-state index contributed by atoms with van der Waals surface area (Å²) in [7, 11) is 1.52. The Hall–Kier alpha value is -0.190. The molecule has 0 saturated heterocycles. The van der Waals surface area contributed by atoms with Crippen molar-refractivity contribution in [3.63, 3.8) is 0 Å². The molecule has 11 heavy (non-hydrogen) atoms. The van der Waals surface area contributed by atoms with Crippen LogP contribution in [0.1, 0.15) is 11.0 Å². The molecule has 1 unspecified atom stereocenters. The Kier molecular flexibility index (Phi) is 3.23. The van der Waals surface area contributed by atoms with E-state index >= 15 is 0 Å². The molecule has 2 nitrogen and oxygen atoms in total. The van der Waals surface area contributed by atoms with Gasteiger partial charge in [-0.15, -0.1) is 11.3 Å². The molecule has 0 amide bonds. The molecule has 0 saturated carbocycles. The fourth-order valence-corrected chi connectivity index (χ4v) is 2.18. The van der Waals surface area contributed by atoms with E-state index in [1.165, 1.54) is 18.4 Å². The number of methoxy groups -OCH3 is 1. The number of hydrogen-bond acceptors (Lipinski definition) is 3. The van der Waals surface area contributed by atoms with E-state index in [1.807, 2.05) is 12.1 Å². The lowest BCUT2D eigenvalue weighted by Crippen LogP contribution is -1.98. The van der Waals surface area contributed by atoms with Gasteiger partial charge in [0.2, 0.25) is 0 Å². The van der Waals surface area contributed by atoms with Crippen molar-refractivity contribution in [1.82, 2.24) is 0 Å². The van der Waals surface area contributed by atoms with Gasteiger partial charge in [-0.1, -0.05) is 0 Å². The molecule has 0 spiro atoms. The summed E-state index contributed by atoms with van der Waals surface area (Å²) in [6.45, 7) is 0. The number of carbonyl (C=O) groups excluding carboxylic acids is 1. The molecule has 1 aromatic heterocycles. The van der Waals surface area contributed by atoms with Gasteiger partial charge in [0.1, 0.15) is 6.10 Å². The second kappa shape index (κ2) is 3.99. The SMILES string of the molecule is COC(C=O)c1ccc(Br)s1. The third kappa shape index (κ3) is 2.12. The van der Waals surface area contributed by atoms with E-state index in [0.717, 1.165) is 14.9 Å². The third-order valence-corrected chi connectivity index (χ3v) is 2.94. The van der Waals surface area contributed by atoms with Gasteiger partial charge in [-0.3, -0.25) is 0 Å². The van der Waals surface area contributed by atoms with Crippen molar-refractivity contribution in [1.29, 1.82) is 0 Å². The maximum atomic E-state index is 10.4. The fraction of sp³-hybridized carbons (Fsp3) is 0.286. The number of carbonyl (C=O) groups is 1. The van der Waals surface area contributed by atoms with Gasteiger partial charge >= 0.3 is 0 Å². The van der Waals surface area contributed by atoms with Gasteiger partial charge in [-0.25, -0.2) is 0 Å². The predicted octanol–water partition coefficient (Wildman–Crippen LogP) is 2.40. The molecule has 0 radical (unpaired) electrons. The Morgan fingerprint density at radius 3 is 2.82 bits per heavy atom. The summed E-state index contributed by atoms with van der Waals surface area (Å²) < 4.78 is 5.93. The van der Waals surface area contributed by atoms with Crippen molar-refractivity contribution in [2.45, 2.75) is 6.10 Å². The minimum absolute atomic E-state index is 0.411. The van der Waals surface area contributed by atoms with Crippen LogP contribution in [0.5, 0.6) is 0 Å². The minimum atomic E-state index is -0.411. The van der Waals surface area contributed by atoms with E-state index in [-0.39, 0.29) is 0 Å². The van der Waals surface area contributed by atoms with E-state index in [1.54, 1.807) is 0 Å². The first-order valence-corrected chi connectivity index (χ1v) is 4.62. The molecule has 1 aromatic rings. The average molecular weight is 235 g/mol. The monoisotopic (exact) mass is 234 g/mol. The van der Waals surface area contributed by atoms with Crippen LogP contribution in [0, 0.1) is 0 Å². The van der Waals surface area contributed by atoms with Crippen LogP contribution < -0.4 is 0 Å². The lowest BCUT2D eigenvalue weighted by Gasteiger charge is -2.02. The summed E-state index contributed by atoms with van der Waals surface area (Å²) in [6.07, 6.45) is 0.379. The van der Waals surface area contributed by atoms with Crippen molar-refractivity contribution >= 4 is 33.6 Å². The van der Waals surface area contributed by atoms with Crippen LogP contribution in [-0.4, -0.2) is 13.4 Å². The first-order chi connectivity index (χ1) is 5.27. The molecule has 0 fully saturated rings. The van der Waals surface area contributed by atoms with Crippen LogP contribution in [0.25, 0.3) is 0 Å². The van der Waals surface area contributed by atoms with Gasteiger partial charge in [-0.2, -0.15) is 0 Å². The second-order valence-electron chi connectivity index (χ2n) is 1.93. The summed E-state index contributed by atoms with van der Waals surface area (Å²) in [4.78, 5) is 11.3.